The number of ether oxygens (including phenoxy) is 1. The van der Waals surface area contributed by atoms with Crippen LogP contribution in [0.4, 0.5) is 0 Å². The van der Waals surface area contributed by atoms with Crippen LogP contribution < -0.4 is 5.32 Å². The molecule has 1 aromatic rings. The number of likely N-dealkylation sites (N-methyl/N-ethyl adjacent to an activating group) is 1. The van der Waals surface area contributed by atoms with Gasteiger partial charge >= 0.3 is 0 Å². The summed E-state index contributed by atoms with van der Waals surface area (Å²) in [7, 11) is 1.81. The number of nitrogens with one attached hydrogen (secondary N) is 1. The molecule has 0 spiro atoms. The van der Waals surface area contributed by atoms with E-state index in [0.29, 0.717) is 19.0 Å². The van der Waals surface area contributed by atoms with Crippen molar-refractivity contribution in [2.45, 2.75) is 25.0 Å². The van der Waals surface area contributed by atoms with Crippen LogP contribution in [0.5, 0.6) is 0 Å². The summed E-state index contributed by atoms with van der Waals surface area (Å²) < 4.78 is 6.24. The maximum absolute atomic E-state index is 12.2. The van der Waals surface area contributed by atoms with Crippen molar-refractivity contribution in [1.29, 1.82) is 0 Å². The lowest BCUT2D eigenvalue weighted by Gasteiger charge is -2.38. The van der Waals surface area contributed by atoms with E-state index >= 15 is 0 Å². The highest BCUT2D eigenvalue weighted by Gasteiger charge is 2.39. The Bertz CT molecular complexity index is 465. The molecule has 1 saturated heterocycles. The minimum Gasteiger partial charge on any atom is -0.366 e. The first kappa shape index (κ1) is 16.3. The number of nitrogens with zero attached hydrogens (tertiary/aromatic N) is 1. The summed E-state index contributed by atoms with van der Waals surface area (Å²) in [5.74, 6) is 0.814. The van der Waals surface area contributed by atoms with Crippen molar-refractivity contribution in [3.8, 4) is 0 Å². The average Bonchev–Trinajstić information content (AvgIpc) is 3.33. The molecule has 0 radical (unpaired) electrons. The third-order valence-electron chi connectivity index (χ3n) is 4.13. The molecule has 0 unspecified atom stereocenters. The second kappa shape index (κ2) is 7.25. The first-order valence-corrected chi connectivity index (χ1v) is 7.40. The van der Waals surface area contributed by atoms with Gasteiger partial charge in [0.25, 0.3) is 0 Å². The molecule has 1 N–H and O–H groups in total. The Balaban J connectivity index is 0.00000161. The smallest absolute Gasteiger partial charge is 0.236 e. The van der Waals surface area contributed by atoms with Crippen molar-refractivity contribution in [1.82, 2.24) is 10.2 Å². The van der Waals surface area contributed by atoms with Crippen molar-refractivity contribution < 1.29 is 9.53 Å². The molecule has 1 saturated carbocycles. The fourth-order valence-corrected chi connectivity index (χ4v) is 2.84. The molecule has 116 valence electrons. The van der Waals surface area contributed by atoms with Gasteiger partial charge < -0.3 is 15.0 Å². The maximum Gasteiger partial charge on any atom is 0.236 e. The lowest BCUT2D eigenvalue weighted by atomic mass is 10.0. The summed E-state index contributed by atoms with van der Waals surface area (Å²) in [6.45, 7) is 1.81. The largest absolute Gasteiger partial charge is 0.366 e. The molecule has 0 aromatic heterocycles. The summed E-state index contributed by atoms with van der Waals surface area (Å²) in [4.78, 5) is 14.1. The van der Waals surface area contributed by atoms with E-state index in [0.717, 1.165) is 6.54 Å². The van der Waals surface area contributed by atoms with Crippen LogP contribution in [0.2, 0.25) is 0 Å². The summed E-state index contributed by atoms with van der Waals surface area (Å²) in [5.41, 5.74) is 1.17. The zero-order valence-corrected chi connectivity index (χ0v) is 13.1. The van der Waals surface area contributed by atoms with Gasteiger partial charge in [0.15, 0.2) is 0 Å². The van der Waals surface area contributed by atoms with E-state index in [1.807, 2.05) is 30.1 Å². The van der Waals surface area contributed by atoms with E-state index in [9.17, 15) is 4.79 Å². The normalized spacial score (nSPS) is 25.3. The van der Waals surface area contributed by atoms with Crippen LogP contribution in [0.3, 0.4) is 0 Å². The Morgan fingerprint density at radius 3 is 2.62 bits per heavy atom. The first-order chi connectivity index (χ1) is 9.78. The van der Waals surface area contributed by atoms with Crippen LogP contribution in [-0.4, -0.2) is 43.6 Å². The van der Waals surface area contributed by atoms with E-state index in [1.54, 1.807) is 0 Å². The second-order valence-electron chi connectivity index (χ2n) is 5.74. The summed E-state index contributed by atoms with van der Waals surface area (Å²) in [6, 6.07) is 10.2. The van der Waals surface area contributed by atoms with Gasteiger partial charge in [-0.05, 0) is 31.4 Å². The van der Waals surface area contributed by atoms with Gasteiger partial charge in [-0.3, -0.25) is 4.79 Å². The number of hydrogen-bond donors (Lipinski definition) is 1. The number of morpholine rings is 1. The Labute approximate surface area is 132 Å². The summed E-state index contributed by atoms with van der Waals surface area (Å²) in [5, 5.41) is 2.95. The predicted octanol–water partition coefficient (Wildman–Crippen LogP) is 2.01. The van der Waals surface area contributed by atoms with Gasteiger partial charge in [-0.1, -0.05) is 30.3 Å². The van der Waals surface area contributed by atoms with Gasteiger partial charge in [0.2, 0.25) is 5.91 Å². The van der Waals surface area contributed by atoms with Crippen LogP contribution in [0.25, 0.3) is 0 Å². The predicted molar refractivity (Wildman–Crippen MR) is 84.5 cm³/mol. The highest BCUT2D eigenvalue weighted by atomic mass is 35.5. The van der Waals surface area contributed by atoms with Crippen LogP contribution in [-0.2, 0) is 9.53 Å². The zero-order valence-electron chi connectivity index (χ0n) is 12.3. The molecule has 2 fully saturated rings. The fourth-order valence-electron chi connectivity index (χ4n) is 2.84. The van der Waals surface area contributed by atoms with Crippen molar-refractivity contribution in [2.24, 2.45) is 5.92 Å². The lowest BCUT2D eigenvalue weighted by Crippen LogP contribution is -2.49. The number of amides is 1. The number of carbonyl (C=O) groups is 1. The topological polar surface area (TPSA) is 41.6 Å². The molecule has 2 aliphatic rings. The quantitative estimate of drug-likeness (QED) is 0.925. The van der Waals surface area contributed by atoms with Crippen molar-refractivity contribution in [2.75, 3.05) is 26.7 Å². The van der Waals surface area contributed by atoms with E-state index in [2.05, 4.69) is 17.4 Å². The molecule has 1 heterocycles. The van der Waals surface area contributed by atoms with Gasteiger partial charge in [-0.15, -0.1) is 12.4 Å². The zero-order chi connectivity index (χ0) is 13.9. The van der Waals surface area contributed by atoms with Crippen LogP contribution >= 0.6 is 12.4 Å². The van der Waals surface area contributed by atoms with E-state index in [4.69, 9.17) is 4.74 Å². The van der Waals surface area contributed by atoms with Crippen molar-refractivity contribution in [3.63, 3.8) is 0 Å². The molecule has 4 nitrogen and oxygen atoms in total. The first-order valence-electron chi connectivity index (χ1n) is 7.40. The Morgan fingerprint density at radius 1 is 1.29 bits per heavy atom. The molecule has 1 aliphatic heterocycles. The minimum atomic E-state index is 0. The van der Waals surface area contributed by atoms with Gasteiger partial charge in [0.05, 0.1) is 19.2 Å². The van der Waals surface area contributed by atoms with Gasteiger partial charge in [-0.25, -0.2) is 0 Å². The third kappa shape index (κ3) is 3.96. The molecule has 5 heteroatoms. The minimum absolute atomic E-state index is 0. The molecular weight excluding hydrogens is 288 g/mol. The van der Waals surface area contributed by atoms with Gasteiger partial charge in [-0.2, -0.15) is 0 Å². The molecular formula is C16H23ClN2O2. The van der Waals surface area contributed by atoms with Crippen molar-refractivity contribution >= 4 is 18.3 Å². The Hall–Kier alpha value is -1.10. The standard InChI is InChI=1S/C16H22N2O2.ClH/c1-17-9-16(19)18-10-14(12-5-3-2-4-6-12)20-15(11-18)13-7-8-13;/h2-6,13-15,17H,7-11H2,1H3;1H/t14-,15+;/m0./s1. The summed E-state index contributed by atoms with van der Waals surface area (Å²) in [6.07, 6.45) is 2.69. The average molecular weight is 311 g/mol. The van der Waals surface area contributed by atoms with Crippen molar-refractivity contribution in [3.05, 3.63) is 35.9 Å². The third-order valence-corrected chi connectivity index (χ3v) is 4.13. The van der Waals surface area contributed by atoms with Crippen LogP contribution in [0, 0.1) is 5.92 Å². The van der Waals surface area contributed by atoms with Crippen LogP contribution in [0.1, 0.15) is 24.5 Å². The maximum atomic E-state index is 12.2. The number of rotatable bonds is 4. The number of hydrogen-bond acceptors (Lipinski definition) is 3. The molecule has 3 rings (SSSR count). The monoisotopic (exact) mass is 310 g/mol. The molecule has 2 atom stereocenters. The molecule has 0 bridgehead atoms. The van der Waals surface area contributed by atoms with E-state index in [1.165, 1.54) is 18.4 Å². The van der Waals surface area contributed by atoms with Crippen LogP contribution in [0.15, 0.2) is 30.3 Å². The number of benzene rings is 1. The number of carbonyl (C=O) groups excluding carboxylic acids is 1. The van der Waals surface area contributed by atoms with Gasteiger partial charge in [0.1, 0.15) is 6.10 Å². The molecule has 21 heavy (non-hydrogen) atoms. The highest BCUT2D eigenvalue weighted by molar-refractivity contribution is 5.85. The highest BCUT2D eigenvalue weighted by Crippen LogP contribution is 2.39. The second-order valence-corrected chi connectivity index (χ2v) is 5.74. The lowest BCUT2D eigenvalue weighted by molar-refractivity contribution is -0.147. The molecule has 1 aromatic carbocycles. The van der Waals surface area contributed by atoms with E-state index < -0.39 is 0 Å². The SMILES string of the molecule is CNCC(=O)N1C[C@@H](c2ccccc2)O[C@@H](C2CC2)C1.Cl. The number of halogens is 1. The fraction of sp³-hybridized carbons (Fsp3) is 0.562. The van der Waals surface area contributed by atoms with E-state index in [-0.39, 0.29) is 30.5 Å². The molecule has 1 aliphatic carbocycles. The van der Waals surface area contributed by atoms with Gasteiger partial charge in [0, 0.05) is 6.54 Å². The summed E-state index contributed by atoms with van der Waals surface area (Å²) >= 11 is 0. The Kier molecular flexibility index (Phi) is 5.62. The molecule has 1 amide bonds. The Morgan fingerprint density at radius 2 is 2.00 bits per heavy atom.